The molecule has 0 nitrogen and oxygen atoms in total. The van der Waals surface area contributed by atoms with Gasteiger partial charge in [0.15, 0.2) is 0 Å². The summed E-state index contributed by atoms with van der Waals surface area (Å²) in [6, 6.07) is 43.6. The zero-order valence-corrected chi connectivity index (χ0v) is 31.5. The quantitative estimate of drug-likeness (QED) is 0.125. The SMILES string of the molecule is CC(C)c1cc2c(-c3ccccc3)cccc2[cH-]1.CC(C)c1cc2c(-c3ccccc3)cccc2[cH-]1.[CH3][Ge]([CH3])=[Zr]([Cl])[Cl]. The molecule has 0 aliphatic carbocycles. The van der Waals surface area contributed by atoms with Crippen LogP contribution in [0.5, 0.6) is 0 Å². The van der Waals surface area contributed by atoms with Gasteiger partial charge in [-0.2, -0.15) is 12.1 Å². The third-order valence-electron chi connectivity index (χ3n) is 7.43. The van der Waals surface area contributed by atoms with Gasteiger partial charge in [-0.3, -0.25) is 0 Å². The molecule has 6 aromatic rings. The van der Waals surface area contributed by atoms with E-state index in [1.54, 1.807) is 0 Å². The van der Waals surface area contributed by atoms with Crippen molar-refractivity contribution in [2.45, 2.75) is 51.0 Å². The summed E-state index contributed by atoms with van der Waals surface area (Å²) in [7, 11) is 10.6. The summed E-state index contributed by atoms with van der Waals surface area (Å²) in [5, 5.41) is 5.43. The summed E-state index contributed by atoms with van der Waals surface area (Å²) < 4.78 is 0. The normalized spacial score (nSPS) is 10.8. The zero-order valence-electron chi connectivity index (χ0n) is 25.5. The predicted octanol–water partition coefficient (Wildman–Crippen LogP) is 12.9. The van der Waals surface area contributed by atoms with Gasteiger partial charge in [-0.15, -0.1) is 69.1 Å². The van der Waals surface area contributed by atoms with Gasteiger partial charge in [0.25, 0.3) is 0 Å². The van der Waals surface area contributed by atoms with Crippen LogP contribution < -0.4 is 0 Å². The van der Waals surface area contributed by atoms with Gasteiger partial charge in [-0.05, 0) is 23.0 Å². The predicted molar refractivity (Wildman–Crippen MR) is 187 cm³/mol. The first-order valence-electron chi connectivity index (χ1n) is 14.6. The van der Waals surface area contributed by atoms with Crippen molar-refractivity contribution in [2.75, 3.05) is 0 Å². The van der Waals surface area contributed by atoms with E-state index in [4.69, 9.17) is 17.0 Å². The van der Waals surface area contributed by atoms with Gasteiger partial charge in [-0.1, -0.05) is 112 Å². The maximum absolute atomic E-state index is 5.65. The van der Waals surface area contributed by atoms with E-state index >= 15 is 0 Å². The van der Waals surface area contributed by atoms with Crippen molar-refractivity contribution in [1.29, 1.82) is 0 Å². The topological polar surface area (TPSA) is 0 Å². The maximum atomic E-state index is 5.65. The van der Waals surface area contributed by atoms with Gasteiger partial charge in [-0.25, -0.2) is 0 Å². The molecule has 6 rings (SSSR count). The Morgan fingerprint density at radius 2 is 0.905 bits per heavy atom. The molecule has 0 bridgehead atoms. The van der Waals surface area contributed by atoms with Gasteiger partial charge in [0.2, 0.25) is 0 Å². The van der Waals surface area contributed by atoms with Crippen LogP contribution in [0.3, 0.4) is 0 Å². The molecule has 0 spiro atoms. The Morgan fingerprint density at radius 3 is 1.21 bits per heavy atom. The standard InChI is InChI=1S/2C18H17.C2H6Ge.2ClH.Zr/c2*1-13(2)16-11-15-9-6-10-17(18(15)12-16)14-7-4-3-5-8-14;1-3-2;;;/h2*3-13H,1-2H3;1-2H3;2*1H;/q2*-1;;;;+2/p-2. The molecule has 0 saturated carbocycles. The zero-order chi connectivity index (χ0) is 30.2. The van der Waals surface area contributed by atoms with E-state index in [1.807, 2.05) is 0 Å². The minimum absolute atomic E-state index is 0.584. The first kappa shape index (κ1) is 33.0. The molecular formula is C38H40Cl2GeZr-2. The van der Waals surface area contributed by atoms with Crippen molar-refractivity contribution in [3.05, 3.63) is 132 Å². The molecule has 0 heterocycles. The monoisotopic (exact) mass is 730 g/mol. The van der Waals surface area contributed by atoms with Gasteiger partial charge < -0.3 is 0 Å². The number of rotatable bonds is 4. The van der Waals surface area contributed by atoms with Gasteiger partial charge >= 0.3 is 54.8 Å². The third kappa shape index (κ3) is 8.60. The third-order valence-corrected chi connectivity index (χ3v) is 41.9. The molecule has 42 heavy (non-hydrogen) atoms. The fourth-order valence-electron chi connectivity index (χ4n) is 4.92. The van der Waals surface area contributed by atoms with Crippen molar-refractivity contribution >= 4 is 48.5 Å². The Balaban J connectivity index is 0.000000162. The summed E-state index contributed by atoms with van der Waals surface area (Å²) in [5.74, 6) is 5.63. The molecule has 0 saturated heterocycles. The molecular weight excluding hydrogens is 691 g/mol. The molecule has 4 heteroatoms. The van der Waals surface area contributed by atoms with Crippen LogP contribution in [-0.4, -0.2) is 9.98 Å². The van der Waals surface area contributed by atoms with Crippen LogP contribution in [0.4, 0.5) is 0 Å². The summed E-state index contributed by atoms with van der Waals surface area (Å²) >= 11 is -1.59. The van der Waals surface area contributed by atoms with E-state index in [0.717, 1.165) is 0 Å². The van der Waals surface area contributed by atoms with Crippen LogP contribution >= 0.6 is 17.0 Å². The van der Waals surface area contributed by atoms with Gasteiger partial charge in [0.05, 0.1) is 0 Å². The van der Waals surface area contributed by atoms with Gasteiger partial charge in [0.1, 0.15) is 0 Å². The van der Waals surface area contributed by atoms with Crippen molar-refractivity contribution in [3.63, 3.8) is 0 Å². The average molecular weight is 731 g/mol. The van der Waals surface area contributed by atoms with Crippen LogP contribution in [0.15, 0.2) is 121 Å². The fourth-order valence-corrected chi connectivity index (χ4v) is 4.92. The van der Waals surface area contributed by atoms with Crippen molar-refractivity contribution in [1.82, 2.24) is 0 Å². The molecule has 0 aromatic heterocycles. The van der Waals surface area contributed by atoms with E-state index in [9.17, 15) is 0 Å². The Kier molecular flexibility index (Phi) is 12.4. The van der Waals surface area contributed by atoms with E-state index in [0.29, 0.717) is 11.8 Å². The van der Waals surface area contributed by atoms with Crippen LogP contribution in [0.1, 0.15) is 50.7 Å². The fraction of sp³-hybridized carbons (Fsp3) is 0.211. The molecule has 0 unspecified atom stereocenters. The summed E-state index contributed by atoms with van der Waals surface area (Å²) in [4.78, 5) is 0. The number of benzene rings is 4. The summed E-state index contributed by atoms with van der Waals surface area (Å²) in [6.07, 6.45) is 0. The van der Waals surface area contributed by atoms with E-state index in [1.165, 1.54) is 54.9 Å². The van der Waals surface area contributed by atoms with E-state index < -0.39 is 26.2 Å². The number of halogens is 2. The van der Waals surface area contributed by atoms with Gasteiger partial charge in [0, 0.05) is 0 Å². The Bertz CT molecular complexity index is 1620. The van der Waals surface area contributed by atoms with Crippen LogP contribution in [0.25, 0.3) is 43.8 Å². The van der Waals surface area contributed by atoms with E-state index in [-0.39, 0.29) is 0 Å². The minimum atomic E-state index is -1.59. The average Bonchev–Trinajstić information content (AvgIpc) is 3.64. The van der Waals surface area contributed by atoms with Crippen LogP contribution in [0, 0.1) is 0 Å². The summed E-state index contributed by atoms with van der Waals surface area (Å²) in [6.45, 7) is 8.99. The van der Waals surface area contributed by atoms with Crippen LogP contribution in [-0.2, 0) is 16.2 Å². The molecule has 6 aromatic carbocycles. The molecule has 0 aliphatic rings. The Labute approximate surface area is 268 Å². The first-order chi connectivity index (χ1) is 20.2. The first-order valence-corrected chi connectivity index (χ1v) is 32.6. The Hall–Kier alpha value is -1.89. The number of fused-ring (bicyclic) bond motifs is 2. The summed E-state index contributed by atoms with van der Waals surface area (Å²) in [5.41, 5.74) is 8.11. The van der Waals surface area contributed by atoms with Crippen molar-refractivity contribution in [3.8, 4) is 22.3 Å². The van der Waals surface area contributed by atoms with Crippen molar-refractivity contribution in [2.24, 2.45) is 0 Å². The second-order valence-electron chi connectivity index (χ2n) is 11.5. The molecule has 216 valence electrons. The van der Waals surface area contributed by atoms with Crippen molar-refractivity contribution < 1.29 is 16.2 Å². The Morgan fingerprint density at radius 1 is 0.548 bits per heavy atom. The molecule has 0 amide bonds. The van der Waals surface area contributed by atoms with Crippen LogP contribution in [0.2, 0.25) is 11.5 Å². The molecule has 0 aliphatic heterocycles. The second kappa shape index (κ2) is 15.7. The second-order valence-corrected chi connectivity index (χ2v) is 49.4. The van der Waals surface area contributed by atoms with E-state index in [2.05, 4.69) is 161 Å². The molecule has 0 fully saturated rings. The number of hydrogen-bond donors (Lipinski definition) is 0. The molecule has 0 N–H and O–H groups in total. The molecule has 0 radical (unpaired) electrons. The molecule has 0 atom stereocenters. The number of hydrogen-bond acceptors (Lipinski definition) is 0.